The second-order valence-corrected chi connectivity index (χ2v) is 8.81. The number of aliphatic carboxylic acids is 1. The number of hydrogen-bond donors (Lipinski definition) is 1. The molecule has 0 aromatic heterocycles. The van der Waals surface area contributed by atoms with Crippen LogP contribution in [0.5, 0.6) is 11.5 Å². The lowest BCUT2D eigenvalue weighted by Gasteiger charge is -2.33. The summed E-state index contributed by atoms with van der Waals surface area (Å²) in [6, 6.07) is 16.2. The van der Waals surface area contributed by atoms with Gasteiger partial charge in [-0.3, -0.25) is 4.79 Å². The minimum Gasteiger partial charge on any atom is -0.496 e. The van der Waals surface area contributed by atoms with Crippen LogP contribution in [-0.4, -0.2) is 56.5 Å². The van der Waals surface area contributed by atoms with Gasteiger partial charge >= 0.3 is 5.97 Å². The number of hydrogen-bond acceptors (Lipinski definition) is 4. The molecule has 0 saturated carbocycles. The zero-order chi connectivity index (χ0) is 24.1. The van der Waals surface area contributed by atoms with Gasteiger partial charge in [-0.15, -0.1) is 0 Å². The Kier molecular flexibility index (Phi) is 7.68. The second-order valence-electron chi connectivity index (χ2n) is 8.81. The molecule has 1 atom stereocenters. The largest absolute Gasteiger partial charge is 0.496 e. The monoisotopic (exact) mass is 465 g/mol. The summed E-state index contributed by atoms with van der Waals surface area (Å²) < 4.78 is 24.8. The summed E-state index contributed by atoms with van der Waals surface area (Å²) in [6.45, 7) is 1.86. The molecule has 6 heteroatoms. The number of halogens is 1. The van der Waals surface area contributed by atoms with Gasteiger partial charge in [-0.25, -0.2) is 4.39 Å². The second kappa shape index (κ2) is 10.9. The van der Waals surface area contributed by atoms with Crippen LogP contribution < -0.4 is 9.47 Å². The molecule has 1 heterocycles. The molecule has 3 aromatic rings. The number of rotatable bonds is 9. The molecule has 0 radical (unpaired) electrons. The summed E-state index contributed by atoms with van der Waals surface area (Å²) in [5, 5.41) is 11.2. The Morgan fingerprint density at radius 1 is 1.09 bits per heavy atom. The maximum atomic E-state index is 13.0. The third-order valence-electron chi connectivity index (χ3n) is 6.81. The molecule has 0 spiro atoms. The molecular formula is C28H32FNO4. The maximum absolute atomic E-state index is 13.0. The Balaban J connectivity index is 1.85. The minimum absolute atomic E-state index is 0.0858. The molecule has 0 amide bonds. The van der Waals surface area contributed by atoms with Gasteiger partial charge in [0.1, 0.15) is 18.2 Å². The topological polar surface area (TPSA) is 59.0 Å². The normalized spacial score (nSPS) is 16.5. The highest BCUT2D eigenvalue weighted by Crippen LogP contribution is 2.47. The van der Waals surface area contributed by atoms with E-state index in [1.54, 1.807) is 14.2 Å². The summed E-state index contributed by atoms with van der Waals surface area (Å²) in [4.78, 5) is 13.3. The molecule has 4 rings (SSSR count). The SMILES string of the molecule is COc1ccc(C2CCCN(CCF)C2)c(OC)c1-c1cccc2c(CCC(=O)O)cccc12. The summed E-state index contributed by atoms with van der Waals surface area (Å²) in [6.07, 6.45) is 2.61. The first kappa shape index (κ1) is 24.0. The Hall–Kier alpha value is -3.12. The number of likely N-dealkylation sites (tertiary alicyclic amines) is 1. The molecule has 5 nitrogen and oxygen atoms in total. The molecule has 34 heavy (non-hydrogen) atoms. The summed E-state index contributed by atoms with van der Waals surface area (Å²) >= 11 is 0. The standard InChI is InChI=1S/C28H32FNO4/c1-33-25-13-12-22(20-7-5-16-30(18-20)17-15-29)28(34-2)27(25)24-10-4-8-21-19(11-14-26(31)32)6-3-9-23(21)24/h3-4,6,8-10,12-13,20H,5,7,11,14-18H2,1-2H3,(H,31,32). The van der Waals surface area contributed by atoms with Gasteiger partial charge in [0, 0.05) is 25.4 Å². The Morgan fingerprint density at radius 3 is 2.62 bits per heavy atom. The zero-order valence-corrected chi connectivity index (χ0v) is 19.9. The summed E-state index contributed by atoms with van der Waals surface area (Å²) in [7, 11) is 3.35. The van der Waals surface area contributed by atoms with Crippen LogP contribution >= 0.6 is 0 Å². The van der Waals surface area contributed by atoms with E-state index in [2.05, 4.69) is 23.1 Å². The first-order valence-electron chi connectivity index (χ1n) is 11.8. The van der Waals surface area contributed by atoms with Crippen LogP contribution in [0.1, 0.15) is 36.3 Å². The number of alkyl halides is 1. The molecule has 1 fully saturated rings. The Morgan fingerprint density at radius 2 is 1.88 bits per heavy atom. The van der Waals surface area contributed by atoms with Crippen molar-refractivity contribution in [2.45, 2.75) is 31.6 Å². The number of benzene rings is 3. The van der Waals surface area contributed by atoms with Crippen LogP contribution in [0.25, 0.3) is 21.9 Å². The highest BCUT2D eigenvalue weighted by Gasteiger charge is 2.27. The van der Waals surface area contributed by atoms with Crippen molar-refractivity contribution >= 4 is 16.7 Å². The van der Waals surface area contributed by atoms with Gasteiger partial charge in [-0.05, 0) is 59.3 Å². The molecular weight excluding hydrogens is 433 g/mol. The van der Waals surface area contributed by atoms with Gasteiger partial charge in [0.2, 0.25) is 0 Å². The van der Waals surface area contributed by atoms with E-state index in [1.807, 2.05) is 30.3 Å². The van der Waals surface area contributed by atoms with E-state index in [0.29, 0.717) is 13.0 Å². The first-order chi connectivity index (χ1) is 16.6. The molecule has 1 N–H and O–H groups in total. The lowest BCUT2D eigenvalue weighted by Crippen LogP contribution is -2.35. The number of methoxy groups -OCH3 is 2. The molecule has 3 aromatic carbocycles. The lowest BCUT2D eigenvalue weighted by molar-refractivity contribution is -0.136. The van der Waals surface area contributed by atoms with Crippen molar-refractivity contribution in [3.05, 3.63) is 59.7 Å². The van der Waals surface area contributed by atoms with E-state index in [-0.39, 0.29) is 19.0 Å². The maximum Gasteiger partial charge on any atom is 0.303 e. The number of piperidine rings is 1. The number of carboxylic acids is 1. The predicted octanol–water partition coefficient (Wildman–Crippen LogP) is 5.69. The molecule has 1 unspecified atom stereocenters. The van der Waals surface area contributed by atoms with E-state index in [0.717, 1.165) is 70.5 Å². The third kappa shape index (κ3) is 4.87. The first-order valence-corrected chi connectivity index (χ1v) is 11.8. The highest BCUT2D eigenvalue weighted by molar-refractivity contribution is 6.01. The number of aryl methyl sites for hydroxylation is 1. The van der Waals surface area contributed by atoms with Crippen molar-refractivity contribution in [3.8, 4) is 22.6 Å². The highest BCUT2D eigenvalue weighted by atomic mass is 19.1. The van der Waals surface area contributed by atoms with Crippen molar-refractivity contribution in [1.29, 1.82) is 0 Å². The van der Waals surface area contributed by atoms with Gasteiger partial charge in [0.25, 0.3) is 0 Å². The van der Waals surface area contributed by atoms with Gasteiger partial charge in [0.05, 0.1) is 19.8 Å². The summed E-state index contributed by atoms with van der Waals surface area (Å²) in [5.74, 6) is 0.954. The van der Waals surface area contributed by atoms with Gasteiger partial charge < -0.3 is 19.5 Å². The van der Waals surface area contributed by atoms with Gasteiger partial charge in [0.15, 0.2) is 0 Å². The Bertz CT molecular complexity index is 1160. The lowest BCUT2D eigenvalue weighted by atomic mass is 9.86. The zero-order valence-electron chi connectivity index (χ0n) is 19.9. The number of fused-ring (bicyclic) bond motifs is 1. The van der Waals surface area contributed by atoms with Crippen LogP contribution in [-0.2, 0) is 11.2 Å². The van der Waals surface area contributed by atoms with Crippen molar-refractivity contribution in [1.82, 2.24) is 4.90 Å². The third-order valence-corrected chi connectivity index (χ3v) is 6.81. The fourth-order valence-electron chi connectivity index (χ4n) is 5.23. The van der Waals surface area contributed by atoms with Crippen LogP contribution in [0.3, 0.4) is 0 Å². The molecule has 1 saturated heterocycles. The van der Waals surface area contributed by atoms with Crippen LogP contribution in [0.4, 0.5) is 4.39 Å². The van der Waals surface area contributed by atoms with Crippen molar-refractivity contribution in [2.75, 3.05) is 40.5 Å². The fourth-order valence-corrected chi connectivity index (χ4v) is 5.23. The van der Waals surface area contributed by atoms with Gasteiger partial charge in [-0.2, -0.15) is 0 Å². The van der Waals surface area contributed by atoms with Crippen LogP contribution in [0.15, 0.2) is 48.5 Å². The van der Waals surface area contributed by atoms with E-state index < -0.39 is 5.97 Å². The molecule has 1 aliphatic heterocycles. The van der Waals surface area contributed by atoms with Crippen molar-refractivity contribution < 1.29 is 23.8 Å². The number of carbonyl (C=O) groups is 1. The van der Waals surface area contributed by atoms with E-state index in [4.69, 9.17) is 14.6 Å². The number of ether oxygens (including phenoxy) is 2. The van der Waals surface area contributed by atoms with Gasteiger partial charge in [-0.1, -0.05) is 42.5 Å². The smallest absolute Gasteiger partial charge is 0.303 e. The molecule has 180 valence electrons. The predicted molar refractivity (Wildman–Crippen MR) is 133 cm³/mol. The molecule has 0 bridgehead atoms. The molecule has 0 aliphatic carbocycles. The van der Waals surface area contributed by atoms with E-state index in [9.17, 15) is 9.18 Å². The number of carboxylic acid groups (broad SMARTS) is 1. The quantitative estimate of drug-likeness (QED) is 0.440. The van der Waals surface area contributed by atoms with Crippen molar-refractivity contribution in [2.24, 2.45) is 0 Å². The van der Waals surface area contributed by atoms with Crippen molar-refractivity contribution in [3.63, 3.8) is 0 Å². The molecule has 1 aliphatic rings. The average molecular weight is 466 g/mol. The van der Waals surface area contributed by atoms with E-state index >= 15 is 0 Å². The average Bonchev–Trinajstić information content (AvgIpc) is 2.86. The minimum atomic E-state index is -0.807. The summed E-state index contributed by atoms with van der Waals surface area (Å²) in [5.41, 5.74) is 4.00. The number of nitrogens with zero attached hydrogens (tertiary/aromatic N) is 1. The van der Waals surface area contributed by atoms with E-state index in [1.165, 1.54) is 0 Å². The fraction of sp³-hybridized carbons (Fsp3) is 0.393. The Labute approximate surface area is 200 Å². The van der Waals surface area contributed by atoms with Crippen LogP contribution in [0, 0.1) is 0 Å². The van der Waals surface area contributed by atoms with Crippen LogP contribution in [0.2, 0.25) is 0 Å².